The first kappa shape index (κ1) is 14.9. The monoisotopic (exact) mass is 302 g/mol. The van der Waals surface area contributed by atoms with Gasteiger partial charge in [0.25, 0.3) is 0 Å². The maximum absolute atomic E-state index is 12.5. The Morgan fingerprint density at radius 3 is 2.91 bits per heavy atom. The van der Waals surface area contributed by atoms with E-state index >= 15 is 0 Å². The molecular formula is C17H22N2O3. The number of anilines is 1. The number of cyclic esters (lactones) is 1. The van der Waals surface area contributed by atoms with Crippen molar-refractivity contribution in [2.75, 3.05) is 18.1 Å². The normalized spacial score (nSPS) is 21.0. The maximum Gasteiger partial charge on any atom is 0.414 e. The van der Waals surface area contributed by atoms with Gasteiger partial charge in [0, 0.05) is 19.5 Å². The minimum Gasteiger partial charge on any atom is -0.447 e. The van der Waals surface area contributed by atoms with E-state index in [1.165, 1.54) is 0 Å². The van der Waals surface area contributed by atoms with Crippen molar-refractivity contribution in [1.82, 2.24) is 4.90 Å². The Bertz CT molecular complexity index is 585. The molecule has 2 aliphatic heterocycles. The molecule has 0 aliphatic carbocycles. The molecule has 2 amide bonds. The lowest BCUT2D eigenvalue weighted by Crippen LogP contribution is -2.42. The Labute approximate surface area is 130 Å². The second kappa shape index (κ2) is 5.99. The second-order valence-electron chi connectivity index (χ2n) is 6.43. The number of nitrogens with zero attached hydrogens (tertiary/aromatic N) is 2. The number of hydrogen-bond donors (Lipinski definition) is 0. The van der Waals surface area contributed by atoms with Crippen molar-refractivity contribution in [3.63, 3.8) is 0 Å². The molecular weight excluding hydrogens is 280 g/mol. The van der Waals surface area contributed by atoms with E-state index in [0.29, 0.717) is 32.0 Å². The number of fused-ring (bicyclic) bond motifs is 3. The summed E-state index contributed by atoms with van der Waals surface area (Å²) in [4.78, 5) is 28.1. The fourth-order valence-corrected chi connectivity index (χ4v) is 3.13. The van der Waals surface area contributed by atoms with Gasteiger partial charge in [0.15, 0.2) is 0 Å². The number of amides is 2. The van der Waals surface area contributed by atoms with E-state index < -0.39 is 0 Å². The molecule has 2 heterocycles. The largest absolute Gasteiger partial charge is 0.447 e. The minimum atomic E-state index is -0.278. The highest BCUT2D eigenvalue weighted by Crippen LogP contribution is 2.31. The van der Waals surface area contributed by atoms with Crippen molar-refractivity contribution < 1.29 is 14.3 Å². The van der Waals surface area contributed by atoms with Gasteiger partial charge in [-0.05, 0) is 24.0 Å². The molecule has 0 saturated carbocycles. The summed E-state index contributed by atoms with van der Waals surface area (Å²) in [6, 6.07) is 7.80. The van der Waals surface area contributed by atoms with Crippen LogP contribution in [0, 0.1) is 5.92 Å². The van der Waals surface area contributed by atoms with Gasteiger partial charge in [-0.3, -0.25) is 9.69 Å². The maximum atomic E-state index is 12.5. The predicted octanol–water partition coefficient (Wildman–Crippen LogP) is 2.79. The Kier molecular flexibility index (Phi) is 4.05. The Hall–Kier alpha value is -2.04. The van der Waals surface area contributed by atoms with Gasteiger partial charge in [-0.25, -0.2) is 4.79 Å². The Balaban J connectivity index is 1.91. The van der Waals surface area contributed by atoms with Crippen LogP contribution in [0.15, 0.2) is 24.3 Å². The number of rotatable bonds is 2. The van der Waals surface area contributed by atoms with Gasteiger partial charge >= 0.3 is 6.09 Å². The zero-order valence-corrected chi connectivity index (χ0v) is 13.1. The fraction of sp³-hybridized carbons (Fsp3) is 0.529. The molecule has 2 aliphatic rings. The fourth-order valence-electron chi connectivity index (χ4n) is 3.13. The number of carbonyl (C=O) groups excluding carboxylic acids is 2. The molecule has 0 spiro atoms. The van der Waals surface area contributed by atoms with Gasteiger partial charge in [0.2, 0.25) is 5.91 Å². The highest BCUT2D eigenvalue weighted by molar-refractivity contribution is 5.91. The molecule has 0 aromatic heterocycles. The topological polar surface area (TPSA) is 49.9 Å². The highest BCUT2D eigenvalue weighted by Gasteiger charge is 2.37. The van der Waals surface area contributed by atoms with Crippen LogP contribution in [0.5, 0.6) is 0 Å². The van der Waals surface area contributed by atoms with Crippen molar-refractivity contribution in [2.45, 2.75) is 39.3 Å². The Morgan fingerprint density at radius 2 is 2.14 bits per heavy atom. The van der Waals surface area contributed by atoms with E-state index in [1.807, 2.05) is 29.2 Å². The van der Waals surface area contributed by atoms with Crippen LogP contribution in [0.25, 0.3) is 0 Å². The molecule has 1 fully saturated rings. The summed E-state index contributed by atoms with van der Waals surface area (Å²) in [5, 5.41) is 0. The van der Waals surface area contributed by atoms with Crippen molar-refractivity contribution in [2.24, 2.45) is 5.92 Å². The number of ether oxygens (including phenoxy) is 1. The van der Waals surface area contributed by atoms with E-state index in [0.717, 1.165) is 17.7 Å². The first-order chi connectivity index (χ1) is 10.6. The van der Waals surface area contributed by atoms with Crippen LogP contribution in [0.2, 0.25) is 0 Å². The number of benzene rings is 1. The average molecular weight is 302 g/mol. The van der Waals surface area contributed by atoms with Crippen molar-refractivity contribution in [3.8, 4) is 0 Å². The lowest BCUT2D eigenvalue weighted by atomic mass is 10.0. The third-order valence-electron chi connectivity index (χ3n) is 4.24. The molecule has 1 atom stereocenters. The molecule has 0 radical (unpaired) electrons. The summed E-state index contributed by atoms with van der Waals surface area (Å²) in [5.74, 6) is 0.532. The van der Waals surface area contributed by atoms with Crippen LogP contribution in [-0.2, 0) is 16.1 Å². The van der Waals surface area contributed by atoms with Crippen LogP contribution in [0.4, 0.5) is 10.5 Å². The molecule has 1 aromatic carbocycles. The zero-order chi connectivity index (χ0) is 15.7. The number of para-hydroxylation sites is 1. The third-order valence-corrected chi connectivity index (χ3v) is 4.24. The van der Waals surface area contributed by atoms with Crippen LogP contribution in [0.1, 0.15) is 32.3 Å². The molecule has 0 N–H and O–H groups in total. The molecule has 22 heavy (non-hydrogen) atoms. The Morgan fingerprint density at radius 1 is 1.36 bits per heavy atom. The second-order valence-corrected chi connectivity index (χ2v) is 6.43. The van der Waals surface area contributed by atoms with Gasteiger partial charge in [-0.2, -0.15) is 0 Å². The summed E-state index contributed by atoms with van der Waals surface area (Å²) in [5.41, 5.74) is 1.88. The quantitative estimate of drug-likeness (QED) is 0.844. The van der Waals surface area contributed by atoms with E-state index in [4.69, 9.17) is 4.74 Å². The van der Waals surface area contributed by atoms with Gasteiger partial charge in [-0.1, -0.05) is 32.0 Å². The smallest absolute Gasteiger partial charge is 0.414 e. The van der Waals surface area contributed by atoms with E-state index in [-0.39, 0.29) is 18.0 Å². The lowest BCUT2D eigenvalue weighted by molar-refractivity contribution is -0.132. The van der Waals surface area contributed by atoms with Crippen LogP contribution in [-0.4, -0.2) is 36.1 Å². The predicted molar refractivity (Wildman–Crippen MR) is 83.5 cm³/mol. The van der Waals surface area contributed by atoms with Crippen LogP contribution in [0.3, 0.4) is 0 Å². The van der Waals surface area contributed by atoms with Crippen LogP contribution < -0.4 is 4.90 Å². The van der Waals surface area contributed by atoms with Crippen molar-refractivity contribution in [1.29, 1.82) is 0 Å². The highest BCUT2D eigenvalue weighted by atomic mass is 16.6. The average Bonchev–Trinajstić information content (AvgIpc) is 2.80. The van der Waals surface area contributed by atoms with Crippen LogP contribution >= 0.6 is 0 Å². The number of hydrogen-bond acceptors (Lipinski definition) is 3. The molecule has 0 bridgehead atoms. The molecule has 1 saturated heterocycles. The van der Waals surface area contributed by atoms with Gasteiger partial charge in [0.1, 0.15) is 6.61 Å². The summed E-state index contributed by atoms with van der Waals surface area (Å²) in [7, 11) is 0. The first-order valence-corrected chi connectivity index (χ1v) is 7.88. The summed E-state index contributed by atoms with van der Waals surface area (Å²) < 4.78 is 5.21. The molecule has 118 valence electrons. The van der Waals surface area contributed by atoms with Crippen molar-refractivity contribution in [3.05, 3.63) is 29.8 Å². The zero-order valence-electron chi connectivity index (χ0n) is 13.1. The molecule has 0 unspecified atom stereocenters. The van der Waals surface area contributed by atoms with Gasteiger partial charge in [-0.15, -0.1) is 0 Å². The summed E-state index contributed by atoms with van der Waals surface area (Å²) in [6.07, 6.45) is 1.04. The molecule has 5 nitrogen and oxygen atoms in total. The third kappa shape index (κ3) is 2.80. The summed E-state index contributed by atoms with van der Waals surface area (Å²) in [6.45, 7) is 5.73. The van der Waals surface area contributed by atoms with E-state index in [1.54, 1.807) is 4.90 Å². The first-order valence-electron chi connectivity index (χ1n) is 7.88. The van der Waals surface area contributed by atoms with Crippen molar-refractivity contribution >= 4 is 17.7 Å². The lowest BCUT2D eigenvalue weighted by Gasteiger charge is -2.32. The molecule has 1 aromatic rings. The SMILES string of the molecule is CC(C)CC(=O)N1CC[C@H]2COC(=O)N2c2ccccc2C1. The standard InChI is InChI=1S/C17H22N2O3/c1-12(2)9-16(20)18-8-7-14-11-22-17(21)19(14)15-6-4-3-5-13(15)10-18/h3-6,12,14H,7-11H2,1-2H3/t14-/m0/s1. The van der Waals surface area contributed by atoms with Gasteiger partial charge in [0.05, 0.1) is 11.7 Å². The minimum absolute atomic E-state index is 0.0169. The van der Waals surface area contributed by atoms with Gasteiger partial charge < -0.3 is 9.64 Å². The molecule has 5 heteroatoms. The molecule has 3 rings (SSSR count). The van der Waals surface area contributed by atoms with E-state index in [2.05, 4.69) is 13.8 Å². The number of carbonyl (C=O) groups is 2. The summed E-state index contributed by atoms with van der Waals surface area (Å²) >= 11 is 0. The van der Waals surface area contributed by atoms with E-state index in [9.17, 15) is 9.59 Å².